The van der Waals surface area contributed by atoms with Crippen LogP contribution in [0.2, 0.25) is 0 Å². The number of hydrogen-bond acceptors (Lipinski definition) is 6. The van der Waals surface area contributed by atoms with E-state index in [1.165, 1.54) is 0 Å². The SMILES string of the molecule is O=C1N(Cc2nc3ccccc3s2)c2ccccc2C12COc1cc3c(cc12)OCO3. The van der Waals surface area contributed by atoms with E-state index in [0.29, 0.717) is 23.8 Å². The Morgan fingerprint density at radius 2 is 1.74 bits per heavy atom. The second-order valence-corrected chi connectivity index (χ2v) is 8.99. The zero-order valence-corrected chi connectivity index (χ0v) is 17.1. The quantitative estimate of drug-likeness (QED) is 0.478. The van der Waals surface area contributed by atoms with E-state index >= 15 is 0 Å². The summed E-state index contributed by atoms with van der Waals surface area (Å²) in [6.07, 6.45) is 0. The number of nitrogens with zero attached hydrogens (tertiary/aromatic N) is 2. The number of fused-ring (bicyclic) bond motifs is 6. The molecule has 4 aromatic rings. The molecule has 0 radical (unpaired) electrons. The molecule has 3 aliphatic rings. The summed E-state index contributed by atoms with van der Waals surface area (Å²) >= 11 is 1.62. The first kappa shape index (κ1) is 17.1. The Kier molecular flexibility index (Phi) is 3.31. The highest BCUT2D eigenvalue weighted by Gasteiger charge is 2.57. The number of para-hydroxylation sites is 2. The zero-order chi connectivity index (χ0) is 20.6. The maximum absolute atomic E-state index is 14.0. The minimum absolute atomic E-state index is 0.00516. The third-order valence-corrected chi connectivity index (χ3v) is 7.30. The van der Waals surface area contributed by atoms with Gasteiger partial charge < -0.3 is 19.1 Å². The summed E-state index contributed by atoms with van der Waals surface area (Å²) in [5.74, 6) is 1.99. The first-order chi connectivity index (χ1) is 15.2. The molecule has 1 spiro atoms. The van der Waals surface area contributed by atoms with Gasteiger partial charge in [-0.05, 0) is 29.8 Å². The van der Waals surface area contributed by atoms with Crippen LogP contribution in [-0.2, 0) is 16.8 Å². The largest absolute Gasteiger partial charge is 0.491 e. The van der Waals surface area contributed by atoms with Crippen molar-refractivity contribution in [2.45, 2.75) is 12.0 Å². The fraction of sp³-hybridized carbons (Fsp3) is 0.167. The Morgan fingerprint density at radius 3 is 2.65 bits per heavy atom. The topological polar surface area (TPSA) is 60.9 Å². The first-order valence-electron chi connectivity index (χ1n) is 10.1. The summed E-state index contributed by atoms with van der Waals surface area (Å²) in [6, 6.07) is 19.7. The van der Waals surface area contributed by atoms with Crippen LogP contribution >= 0.6 is 11.3 Å². The number of carbonyl (C=O) groups excluding carboxylic acids is 1. The molecule has 0 saturated carbocycles. The monoisotopic (exact) mass is 428 g/mol. The van der Waals surface area contributed by atoms with Gasteiger partial charge in [0.15, 0.2) is 11.5 Å². The Bertz CT molecular complexity index is 1360. The number of amides is 1. The van der Waals surface area contributed by atoms with E-state index in [-0.39, 0.29) is 19.3 Å². The fourth-order valence-corrected chi connectivity index (χ4v) is 5.80. The smallest absolute Gasteiger partial charge is 0.246 e. The molecule has 1 atom stereocenters. The number of thiazole rings is 1. The van der Waals surface area contributed by atoms with Crippen molar-refractivity contribution in [3.8, 4) is 17.2 Å². The number of ether oxygens (including phenoxy) is 3. The van der Waals surface area contributed by atoms with Crippen LogP contribution < -0.4 is 19.1 Å². The Hall–Kier alpha value is -3.58. The molecule has 4 heterocycles. The molecule has 1 unspecified atom stereocenters. The van der Waals surface area contributed by atoms with Gasteiger partial charge in [0.25, 0.3) is 0 Å². The maximum atomic E-state index is 14.0. The third kappa shape index (κ3) is 2.21. The minimum Gasteiger partial charge on any atom is -0.491 e. The van der Waals surface area contributed by atoms with Crippen LogP contribution in [0, 0.1) is 0 Å². The average molecular weight is 428 g/mol. The Morgan fingerprint density at radius 1 is 0.935 bits per heavy atom. The minimum atomic E-state index is -0.885. The lowest BCUT2D eigenvalue weighted by atomic mass is 9.77. The van der Waals surface area contributed by atoms with Crippen molar-refractivity contribution in [3.05, 3.63) is 76.8 Å². The number of anilines is 1. The Balaban J connectivity index is 1.37. The van der Waals surface area contributed by atoms with Crippen molar-refractivity contribution in [3.63, 3.8) is 0 Å². The van der Waals surface area contributed by atoms with Crippen LogP contribution in [0.3, 0.4) is 0 Å². The van der Waals surface area contributed by atoms with E-state index in [4.69, 9.17) is 19.2 Å². The second kappa shape index (κ2) is 5.98. The molecule has 152 valence electrons. The molecule has 7 heteroatoms. The molecule has 3 aromatic carbocycles. The summed E-state index contributed by atoms with van der Waals surface area (Å²) in [5.41, 5.74) is 2.77. The molecule has 0 fully saturated rings. The number of rotatable bonds is 2. The average Bonchev–Trinajstić information content (AvgIpc) is 3.55. The highest BCUT2D eigenvalue weighted by atomic mass is 32.1. The number of carbonyl (C=O) groups is 1. The molecule has 7 rings (SSSR count). The summed E-state index contributed by atoms with van der Waals surface area (Å²) < 4.78 is 18.2. The van der Waals surface area contributed by atoms with E-state index in [1.54, 1.807) is 11.3 Å². The van der Waals surface area contributed by atoms with Gasteiger partial charge in [-0.3, -0.25) is 4.79 Å². The molecule has 31 heavy (non-hydrogen) atoms. The highest BCUT2D eigenvalue weighted by Crippen LogP contribution is 2.55. The third-order valence-electron chi connectivity index (χ3n) is 6.28. The maximum Gasteiger partial charge on any atom is 0.246 e. The molecule has 3 aliphatic heterocycles. The van der Waals surface area contributed by atoms with Crippen molar-refractivity contribution >= 4 is 33.1 Å². The van der Waals surface area contributed by atoms with Gasteiger partial charge >= 0.3 is 0 Å². The number of benzene rings is 3. The predicted octanol–water partition coefficient (Wildman–Crippen LogP) is 4.25. The van der Waals surface area contributed by atoms with Crippen LogP contribution in [0.25, 0.3) is 10.2 Å². The summed E-state index contributed by atoms with van der Waals surface area (Å²) in [7, 11) is 0. The number of hydrogen-bond donors (Lipinski definition) is 0. The lowest BCUT2D eigenvalue weighted by Gasteiger charge is -2.22. The van der Waals surface area contributed by atoms with Crippen LogP contribution in [0.1, 0.15) is 16.1 Å². The highest BCUT2D eigenvalue weighted by molar-refractivity contribution is 7.18. The van der Waals surface area contributed by atoms with Crippen LogP contribution in [0.5, 0.6) is 17.2 Å². The van der Waals surface area contributed by atoms with Gasteiger partial charge in [0.2, 0.25) is 12.7 Å². The van der Waals surface area contributed by atoms with E-state index < -0.39 is 5.41 Å². The van der Waals surface area contributed by atoms with Crippen molar-refractivity contribution in [1.82, 2.24) is 4.98 Å². The van der Waals surface area contributed by atoms with Gasteiger partial charge in [0.1, 0.15) is 22.8 Å². The van der Waals surface area contributed by atoms with Crippen LogP contribution in [0.4, 0.5) is 5.69 Å². The van der Waals surface area contributed by atoms with Gasteiger partial charge in [0.05, 0.1) is 16.8 Å². The Labute approximate surface area is 181 Å². The first-order valence-corrected chi connectivity index (χ1v) is 10.9. The van der Waals surface area contributed by atoms with Crippen molar-refractivity contribution in [1.29, 1.82) is 0 Å². The van der Waals surface area contributed by atoms with Gasteiger partial charge in [-0.2, -0.15) is 0 Å². The summed E-state index contributed by atoms with van der Waals surface area (Å²) in [5, 5.41) is 0.909. The van der Waals surface area contributed by atoms with E-state index in [0.717, 1.165) is 32.0 Å². The van der Waals surface area contributed by atoms with Crippen LogP contribution in [0.15, 0.2) is 60.7 Å². The van der Waals surface area contributed by atoms with Gasteiger partial charge in [0, 0.05) is 17.3 Å². The predicted molar refractivity (Wildman–Crippen MR) is 116 cm³/mol. The van der Waals surface area contributed by atoms with Crippen molar-refractivity contribution in [2.24, 2.45) is 0 Å². The van der Waals surface area contributed by atoms with Gasteiger partial charge in [-0.1, -0.05) is 30.3 Å². The lowest BCUT2D eigenvalue weighted by molar-refractivity contribution is -0.122. The van der Waals surface area contributed by atoms with E-state index in [2.05, 4.69) is 6.07 Å². The molecular formula is C24H16N2O4S. The van der Waals surface area contributed by atoms with Gasteiger partial charge in [-0.15, -0.1) is 11.3 Å². The molecule has 0 bridgehead atoms. The number of aromatic nitrogens is 1. The van der Waals surface area contributed by atoms with Crippen LogP contribution in [-0.4, -0.2) is 24.3 Å². The molecule has 0 saturated heterocycles. The summed E-state index contributed by atoms with van der Waals surface area (Å²) in [4.78, 5) is 20.6. The zero-order valence-electron chi connectivity index (χ0n) is 16.3. The van der Waals surface area contributed by atoms with E-state index in [1.807, 2.05) is 59.5 Å². The second-order valence-electron chi connectivity index (χ2n) is 7.88. The molecular weight excluding hydrogens is 412 g/mol. The van der Waals surface area contributed by atoms with Crippen molar-refractivity contribution < 1.29 is 19.0 Å². The molecule has 6 nitrogen and oxygen atoms in total. The lowest BCUT2D eigenvalue weighted by Crippen LogP contribution is -2.42. The molecule has 1 aromatic heterocycles. The molecule has 0 aliphatic carbocycles. The molecule has 0 N–H and O–H groups in total. The standard InChI is InChI=1S/C24H16N2O4S/c27-23-24(12-28-18-10-20-19(9-15(18)24)29-13-30-20)14-5-1-3-7-17(14)26(23)11-22-25-16-6-2-4-8-21(16)31-22/h1-10H,11-13H2. The normalized spacial score (nSPS) is 20.4. The van der Waals surface area contributed by atoms with Crippen molar-refractivity contribution in [2.75, 3.05) is 18.3 Å². The summed E-state index contributed by atoms with van der Waals surface area (Å²) in [6.45, 7) is 0.869. The fourth-order valence-electron chi connectivity index (χ4n) is 4.84. The van der Waals surface area contributed by atoms with E-state index in [9.17, 15) is 4.79 Å². The van der Waals surface area contributed by atoms with Gasteiger partial charge in [-0.25, -0.2) is 4.98 Å². The molecule has 1 amide bonds.